The first-order valence-corrected chi connectivity index (χ1v) is 6.43. The van der Waals surface area contributed by atoms with Crippen LogP contribution in [-0.4, -0.2) is 38.7 Å². The van der Waals surface area contributed by atoms with E-state index in [-0.39, 0.29) is 0 Å². The first-order valence-electron chi connectivity index (χ1n) is 6.43. The predicted molar refractivity (Wildman–Crippen MR) is 64.4 cm³/mol. The fourth-order valence-corrected chi connectivity index (χ4v) is 2.27. The van der Waals surface area contributed by atoms with Crippen molar-refractivity contribution in [3.05, 3.63) is 12.7 Å². The van der Waals surface area contributed by atoms with Gasteiger partial charge in [0.1, 0.15) is 12.7 Å². The lowest BCUT2D eigenvalue weighted by molar-refractivity contribution is -0.132. The number of piperidine rings is 1. The Kier molecular flexibility index (Phi) is 4.12. The van der Waals surface area contributed by atoms with E-state index in [0.29, 0.717) is 18.4 Å². The Morgan fingerprint density at radius 3 is 2.76 bits per heavy atom. The maximum atomic E-state index is 11.8. The summed E-state index contributed by atoms with van der Waals surface area (Å²) in [6, 6.07) is 0.410. The number of nitrogens with zero attached hydrogens (tertiary/aromatic N) is 4. The third-order valence-corrected chi connectivity index (χ3v) is 3.37. The van der Waals surface area contributed by atoms with Crippen LogP contribution in [0.4, 0.5) is 0 Å². The van der Waals surface area contributed by atoms with Crippen molar-refractivity contribution >= 4 is 5.91 Å². The van der Waals surface area contributed by atoms with Gasteiger partial charge in [0.15, 0.2) is 0 Å². The molecule has 0 radical (unpaired) electrons. The average molecular weight is 236 g/mol. The Morgan fingerprint density at radius 2 is 2.18 bits per heavy atom. The molecular weight excluding hydrogens is 216 g/mol. The van der Waals surface area contributed by atoms with Gasteiger partial charge < -0.3 is 4.90 Å². The highest BCUT2D eigenvalue weighted by Crippen LogP contribution is 2.21. The van der Waals surface area contributed by atoms with Gasteiger partial charge in [-0.05, 0) is 19.3 Å². The number of likely N-dealkylation sites (tertiary alicyclic amines) is 1. The van der Waals surface area contributed by atoms with Crippen LogP contribution >= 0.6 is 0 Å². The number of amides is 1. The molecule has 1 saturated heterocycles. The smallest absolute Gasteiger partial charge is 0.222 e. The summed E-state index contributed by atoms with van der Waals surface area (Å²) in [6.45, 7) is 3.82. The molecule has 0 saturated carbocycles. The number of hydrogen-bond donors (Lipinski definition) is 0. The number of carbonyl (C=O) groups is 1. The Hall–Kier alpha value is -1.39. The first kappa shape index (κ1) is 12.1. The molecule has 0 N–H and O–H groups in total. The van der Waals surface area contributed by atoms with Crippen molar-refractivity contribution in [2.24, 2.45) is 0 Å². The van der Waals surface area contributed by atoms with Crippen LogP contribution in [0.5, 0.6) is 0 Å². The van der Waals surface area contributed by atoms with Crippen LogP contribution in [0.25, 0.3) is 0 Å². The summed E-state index contributed by atoms with van der Waals surface area (Å²) in [5.74, 6) is 0.309. The molecule has 1 aromatic rings. The van der Waals surface area contributed by atoms with Crippen molar-refractivity contribution < 1.29 is 4.79 Å². The second kappa shape index (κ2) is 5.80. The van der Waals surface area contributed by atoms with E-state index < -0.39 is 0 Å². The normalized spacial score (nSPS) is 17.4. The number of carbonyl (C=O) groups excluding carboxylic acids is 1. The highest BCUT2D eigenvalue weighted by Gasteiger charge is 2.23. The van der Waals surface area contributed by atoms with E-state index in [9.17, 15) is 4.79 Å². The van der Waals surface area contributed by atoms with Gasteiger partial charge in [-0.3, -0.25) is 4.79 Å². The van der Waals surface area contributed by atoms with Crippen molar-refractivity contribution in [1.82, 2.24) is 19.7 Å². The molecule has 0 bridgehead atoms. The molecule has 0 spiro atoms. The van der Waals surface area contributed by atoms with E-state index >= 15 is 0 Å². The van der Waals surface area contributed by atoms with Crippen molar-refractivity contribution in [1.29, 1.82) is 0 Å². The number of hydrogen-bond acceptors (Lipinski definition) is 3. The second-order valence-electron chi connectivity index (χ2n) is 4.59. The van der Waals surface area contributed by atoms with Crippen molar-refractivity contribution in [3.8, 4) is 0 Å². The van der Waals surface area contributed by atoms with Crippen molar-refractivity contribution in [2.75, 3.05) is 13.1 Å². The standard InChI is InChI=1S/C12H20N4O/c1-2-3-4-12(17)15-7-5-11(6-8-15)16-10-13-9-14-16/h9-11H,2-8H2,1H3. The average Bonchev–Trinajstić information content (AvgIpc) is 2.90. The molecule has 2 rings (SSSR count). The second-order valence-corrected chi connectivity index (χ2v) is 4.59. The quantitative estimate of drug-likeness (QED) is 0.798. The molecule has 5 nitrogen and oxygen atoms in total. The molecule has 94 valence electrons. The van der Waals surface area contributed by atoms with Crippen LogP contribution in [0.2, 0.25) is 0 Å². The van der Waals surface area contributed by atoms with Crippen LogP contribution in [0.1, 0.15) is 45.1 Å². The third kappa shape index (κ3) is 3.05. The summed E-state index contributed by atoms with van der Waals surface area (Å²) in [7, 11) is 0. The minimum atomic E-state index is 0.309. The minimum absolute atomic E-state index is 0.309. The maximum Gasteiger partial charge on any atom is 0.222 e. The van der Waals surface area contributed by atoms with Crippen LogP contribution in [0.15, 0.2) is 12.7 Å². The van der Waals surface area contributed by atoms with E-state index in [1.54, 1.807) is 12.7 Å². The summed E-state index contributed by atoms with van der Waals surface area (Å²) >= 11 is 0. The van der Waals surface area contributed by atoms with E-state index in [1.807, 2.05) is 9.58 Å². The maximum absolute atomic E-state index is 11.8. The van der Waals surface area contributed by atoms with Crippen molar-refractivity contribution in [3.63, 3.8) is 0 Å². The Labute approximate surface area is 102 Å². The summed E-state index contributed by atoms with van der Waals surface area (Å²) < 4.78 is 1.91. The Bertz CT molecular complexity index is 341. The predicted octanol–water partition coefficient (Wildman–Crippen LogP) is 1.63. The van der Waals surface area contributed by atoms with Crippen LogP contribution in [-0.2, 0) is 4.79 Å². The molecule has 1 fully saturated rings. The van der Waals surface area contributed by atoms with Crippen LogP contribution in [0, 0.1) is 0 Å². The summed E-state index contributed by atoms with van der Waals surface area (Å²) in [5, 5.41) is 4.16. The lowest BCUT2D eigenvalue weighted by Gasteiger charge is -2.31. The molecule has 1 aliphatic rings. The Morgan fingerprint density at radius 1 is 1.41 bits per heavy atom. The van der Waals surface area contributed by atoms with Gasteiger partial charge in [-0.2, -0.15) is 5.10 Å². The monoisotopic (exact) mass is 236 g/mol. The molecule has 0 aromatic carbocycles. The van der Waals surface area contributed by atoms with Crippen LogP contribution < -0.4 is 0 Å². The van der Waals surface area contributed by atoms with Gasteiger partial charge in [-0.1, -0.05) is 13.3 Å². The molecule has 0 atom stereocenters. The molecule has 1 amide bonds. The number of aromatic nitrogens is 3. The molecule has 1 aromatic heterocycles. The topological polar surface area (TPSA) is 51.0 Å². The zero-order chi connectivity index (χ0) is 12.1. The largest absolute Gasteiger partial charge is 0.343 e. The number of rotatable bonds is 4. The minimum Gasteiger partial charge on any atom is -0.343 e. The van der Waals surface area contributed by atoms with Gasteiger partial charge in [0.05, 0.1) is 6.04 Å². The fourth-order valence-electron chi connectivity index (χ4n) is 2.27. The lowest BCUT2D eigenvalue weighted by atomic mass is 10.0. The third-order valence-electron chi connectivity index (χ3n) is 3.37. The first-order chi connectivity index (χ1) is 8.31. The summed E-state index contributed by atoms with van der Waals surface area (Å²) in [4.78, 5) is 17.8. The van der Waals surface area contributed by atoms with Gasteiger partial charge in [0.25, 0.3) is 0 Å². The highest BCUT2D eigenvalue weighted by atomic mass is 16.2. The van der Waals surface area contributed by atoms with Gasteiger partial charge in [0, 0.05) is 19.5 Å². The molecule has 0 unspecified atom stereocenters. The Balaban J connectivity index is 1.80. The zero-order valence-electron chi connectivity index (χ0n) is 10.4. The van der Waals surface area contributed by atoms with E-state index in [4.69, 9.17) is 0 Å². The van der Waals surface area contributed by atoms with Gasteiger partial charge in [-0.15, -0.1) is 0 Å². The van der Waals surface area contributed by atoms with Gasteiger partial charge in [0.2, 0.25) is 5.91 Å². The van der Waals surface area contributed by atoms with Crippen LogP contribution in [0.3, 0.4) is 0 Å². The van der Waals surface area contributed by atoms with Gasteiger partial charge >= 0.3 is 0 Å². The molecule has 17 heavy (non-hydrogen) atoms. The van der Waals surface area contributed by atoms with Crippen molar-refractivity contribution in [2.45, 2.75) is 45.1 Å². The molecular formula is C12H20N4O. The SMILES string of the molecule is CCCCC(=O)N1CCC(n2cncn2)CC1. The molecule has 1 aliphatic heterocycles. The molecule has 2 heterocycles. The number of unbranched alkanes of at least 4 members (excludes halogenated alkanes) is 1. The highest BCUT2D eigenvalue weighted by molar-refractivity contribution is 5.76. The lowest BCUT2D eigenvalue weighted by Crippen LogP contribution is -2.39. The molecule has 5 heteroatoms. The zero-order valence-corrected chi connectivity index (χ0v) is 10.4. The molecule has 0 aliphatic carbocycles. The van der Waals surface area contributed by atoms with E-state index in [2.05, 4.69) is 17.0 Å². The van der Waals surface area contributed by atoms with E-state index in [0.717, 1.165) is 38.8 Å². The van der Waals surface area contributed by atoms with Gasteiger partial charge in [-0.25, -0.2) is 9.67 Å². The summed E-state index contributed by atoms with van der Waals surface area (Å²) in [5.41, 5.74) is 0. The van der Waals surface area contributed by atoms with E-state index in [1.165, 1.54) is 0 Å². The summed E-state index contributed by atoms with van der Waals surface area (Å²) in [6.07, 6.45) is 8.09. The fraction of sp³-hybridized carbons (Fsp3) is 0.750.